The summed E-state index contributed by atoms with van der Waals surface area (Å²) in [7, 11) is 0. The maximum Gasteiger partial charge on any atom is 0.302 e. The van der Waals surface area contributed by atoms with E-state index in [2.05, 4.69) is 13.5 Å². The molecule has 2 unspecified atom stereocenters. The molecule has 1 N–H and O–H groups in total. The number of hydrogen-bond acceptors (Lipinski definition) is 6. The van der Waals surface area contributed by atoms with Crippen molar-refractivity contribution in [3.05, 3.63) is 23.8 Å². The van der Waals surface area contributed by atoms with Crippen molar-refractivity contribution in [2.24, 2.45) is 17.3 Å². The number of aliphatic hydroxyl groups excluding tert-OH is 1. The molecule has 3 rings (SSSR count). The van der Waals surface area contributed by atoms with E-state index in [1.807, 2.05) is 26.8 Å². The number of ether oxygens (including phenoxy) is 3. The van der Waals surface area contributed by atoms with Crippen LogP contribution in [0.3, 0.4) is 0 Å². The maximum atomic E-state index is 12.1. The molecule has 0 aromatic carbocycles. The first-order chi connectivity index (χ1) is 13.9. The third kappa shape index (κ3) is 4.22. The molecule has 0 amide bonds. The van der Waals surface area contributed by atoms with Gasteiger partial charge in [0.15, 0.2) is 0 Å². The molecule has 6 nitrogen and oxygen atoms in total. The van der Waals surface area contributed by atoms with E-state index in [0.29, 0.717) is 12.8 Å². The Morgan fingerprint density at radius 3 is 2.40 bits per heavy atom. The van der Waals surface area contributed by atoms with Crippen LogP contribution in [-0.2, 0) is 23.8 Å². The van der Waals surface area contributed by atoms with Crippen molar-refractivity contribution >= 4 is 11.9 Å². The molecule has 0 aromatic rings. The van der Waals surface area contributed by atoms with Crippen LogP contribution in [0, 0.1) is 17.3 Å². The van der Waals surface area contributed by atoms with Crippen molar-refractivity contribution < 1.29 is 28.9 Å². The highest BCUT2D eigenvalue weighted by molar-refractivity contribution is 5.67. The topological polar surface area (TPSA) is 85.4 Å². The van der Waals surface area contributed by atoms with Crippen LogP contribution in [-0.4, -0.2) is 47.1 Å². The van der Waals surface area contributed by atoms with Crippen molar-refractivity contribution in [2.75, 3.05) is 0 Å². The first kappa shape index (κ1) is 23.0. The summed E-state index contributed by atoms with van der Waals surface area (Å²) in [6.45, 7) is 14.9. The van der Waals surface area contributed by atoms with E-state index < -0.39 is 23.7 Å². The highest BCUT2D eigenvalue weighted by Gasteiger charge is 2.63. The molecular formula is C24H36O6. The van der Waals surface area contributed by atoms with Crippen molar-refractivity contribution in [3.63, 3.8) is 0 Å². The number of aliphatic hydroxyl groups is 1. The number of rotatable bonds is 3. The van der Waals surface area contributed by atoms with Gasteiger partial charge < -0.3 is 19.3 Å². The first-order valence-electron chi connectivity index (χ1n) is 10.9. The molecule has 8 atom stereocenters. The predicted octanol–water partition coefficient (Wildman–Crippen LogP) is 3.72. The molecule has 3 aliphatic rings. The minimum Gasteiger partial charge on any atom is -0.462 e. The summed E-state index contributed by atoms with van der Waals surface area (Å²) in [5.74, 6) is -1.07. The van der Waals surface area contributed by atoms with Gasteiger partial charge in [-0.3, -0.25) is 9.59 Å². The second-order valence-electron chi connectivity index (χ2n) is 9.95. The Hall–Kier alpha value is -1.66. The minimum atomic E-state index is -0.850. The molecule has 168 valence electrons. The van der Waals surface area contributed by atoms with E-state index >= 15 is 0 Å². The second-order valence-corrected chi connectivity index (χ2v) is 9.95. The molecule has 0 aromatic heterocycles. The number of hydrogen-bond donors (Lipinski definition) is 1. The van der Waals surface area contributed by atoms with Gasteiger partial charge in [0.2, 0.25) is 0 Å². The van der Waals surface area contributed by atoms with Crippen molar-refractivity contribution in [1.82, 2.24) is 0 Å². The number of fused-ring (bicyclic) bond motifs is 2. The van der Waals surface area contributed by atoms with E-state index in [9.17, 15) is 14.7 Å². The zero-order valence-electron chi connectivity index (χ0n) is 19.1. The molecule has 30 heavy (non-hydrogen) atoms. The lowest BCUT2D eigenvalue weighted by atomic mass is 9.66. The molecule has 0 spiro atoms. The lowest BCUT2D eigenvalue weighted by Gasteiger charge is -2.43. The quantitative estimate of drug-likeness (QED) is 0.426. The average Bonchev–Trinajstić information content (AvgIpc) is 3.14. The van der Waals surface area contributed by atoms with E-state index in [1.54, 1.807) is 0 Å². The number of carbonyl (C=O) groups excluding carboxylic acids is 2. The van der Waals surface area contributed by atoms with E-state index in [4.69, 9.17) is 14.2 Å². The summed E-state index contributed by atoms with van der Waals surface area (Å²) in [5, 5.41) is 11.4. The number of epoxide rings is 1. The minimum absolute atomic E-state index is 0.0615. The van der Waals surface area contributed by atoms with Gasteiger partial charge in [0, 0.05) is 31.6 Å². The van der Waals surface area contributed by atoms with E-state index in [-0.39, 0.29) is 35.5 Å². The number of carbonyl (C=O) groups is 2. The Balaban J connectivity index is 2.14. The van der Waals surface area contributed by atoms with Crippen LogP contribution >= 0.6 is 0 Å². The van der Waals surface area contributed by atoms with Crippen LogP contribution in [0.4, 0.5) is 0 Å². The van der Waals surface area contributed by atoms with Crippen LogP contribution < -0.4 is 0 Å². The Morgan fingerprint density at radius 2 is 1.83 bits per heavy atom. The Bertz CT molecular complexity index is 757. The van der Waals surface area contributed by atoms with Crippen molar-refractivity contribution in [2.45, 2.75) is 97.2 Å². The SMILES string of the molecule is C=C(C)[C@@H]1C[C@H](OC(C)=O)[C@@]2(C)C1C(OC(C)=O)C[C@]1(C)O[C@@H]1CC/C(C)=C/[C@H]2O. The first-order valence-corrected chi connectivity index (χ1v) is 10.9. The molecule has 6 heteroatoms. The van der Waals surface area contributed by atoms with E-state index in [0.717, 1.165) is 24.0 Å². The second kappa shape index (κ2) is 8.12. The summed E-state index contributed by atoms with van der Waals surface area (Å²) in [4.78, 5) is 24.0. The van der Waals surface area contributed by atoms with Crippen LogP contribution in [0.1, 0.15) is 67.2 Å². The molecule has 1 heterocycles. The van der Waals surface area contributed by atoms with Gasteiger partial charge >= 0.3 is 11.9 Å². The van der Waals surface area contributed by atoms with Gasteiger partial charge in [-0.25, -0.2) is 0 Å². The van der Waals surface area contributed by atoms with Crippen molar-refractivity contribution in [1.29, 1.82) is 0 Å². The maximum absolute atomic E-state index is 12.1. The summed E-state index contributed by atoms with van der Waals surface area (Å²) < 4.78 is 17.7. The fraction of sp³-hybridized carbons (Fsp3) is 0.750. The summed E-state index contributed by atoms with van der Waals surface area (Å²) in [6, 6.07) is 0. The largest absolute Gasteiger partial charge is 0.462 e. The number of esters is 2. The third-order valence-corrected chi connectivity index (χ3v) is 7.49. The molecule has 1 saturated heterocycles. The summed E-state index contributed by atoms with van der Waals surface area (Å²) in [5.41, 5.74) is 0.808. The molecule has 2 fully saturated rings. The predicted molar refractivity (Wildman–Crippen MR) is 113 cm³/mol. The standard InChI is InChI=1S/C24H36O6/c1-13(2)17-11-21(29-16(5)26)24(7)19(27)10-14(3)8-9-20-23(6,30-20)12-18(22(17)24)28-15(4)25/h10,17-22,27H,1,8-9,11-12H2,2-7H3/b14-10+/t17-,18?,19+,20+,21-,22?,23-,24-/m0/s1. The molecule has 0 bridgehead atoms. The average molecular weight is 421 g/mol. The normalized spacial score (nSPS) is 45.1. The van der Waals surface area contributed by atoms with Crippen LogP contribution in [0.5, 0.6) is 0 Å². The zero-order chi connectivity index (χ0) is 22.4. The highest BCUT2D eigenvalue weighted by atomic mass is 16.6. The smallest absolute Gasteiger partial charge is 0.302 e. The molecule has 1 aliphatic heterocycles. The van der Waals surface area contributed by atoms with Crippen molar-refractivity contribution in [3.8, 4) is 0 Å². The van der Waals surface area contributed by atoms with Gasteiger partial charge in [0.05, 0.1) is 17.8 Å². The highest BCUT2D eigenvalue weighted by Crippen LogP contribution is 2.58. The van der Waals surface area contributed by atoms with Gasteiger partial charge in [-0.05, 0) is 46.0 Å². The van der Waals surface area contributed by atoms with Gasteiger partial charge in [-0.2, -0.15) is 0 Å². The van der Waals surface area contributed by atoms with Gasteiger partial charge in [-0.1, -0.05) is 30.7 Å². The van der Waals surface area contributed by atoms with Gasteiger partial charge in [0.1, 0.15) is 12.2 Å². The van der Waals surface area contributed by atoms with Crippen LogP contribution in [0.25, 0.3) is 0 Å². The summed E-state index contributed by atoms with van der Waals surface area (Å²) in [6.07, 6.45) is 2.90. The summed E-state index contributed by atoms with van der Waals surface area (Å²) >= 11 is 0. The lowest BCUT2D eigenvalue weighted by Crippen LogP contribution is -2.50. The fourth-order valence-corrected chi connectivity index (χ4v) is 5.79. The Kier molecular flexibility index (Phi) is 6.23. The van der Waals surface area contributed by atoms with Crippen LogP contribution in [0.15, 0.2) is 23.8 Å². The number of allylic oxidation sites excluding steroid dienone is 2. The fourth-order valence-electron chi connectivity index (χ4n) is 5.79. The third-order valence-electron chi connectivity index (χ3n) is 7.49. The van der Waals surface area contributed by atoms with Gasteiger partial charge in [-0.15, -0.1) is 0 Å². The monoisotopic (exact) mass is 420 g/mol. The van der Waals surface area contributed by atoms with E-state index in [1.165, 1.54) is 13.8 Å². The van der Waals surface area contributed by atoms with Gasteiger partial charge in [0.25, 0.3) is 0 Å². The molecule has 1 saturated carbocycles. The molecule has 2 aliphatic carbocycles. The van der Waals surface area contributed by atoms with Crippen LogP contribution in [0.2, 0.25) is 0 Å². The Labute approximate surface area is 179 Å². The zero-order valence-corrected chi connectivity index (χ0v) is 19.1. The Morgan fingerprint density at radius 1 is 1.20 bits per heavy atom. The molecular weight excluding hydrogens is 384 g/mol. The molecule has 0 radical (unpaired) electrons. The lowest BCUT2D eigenvalue weighted by molar-refractivity contribution is -0.168.